The predicted octanol–water partition coefficient (Wildman–Crippen LogP) is 1.81. The molecular weight excluding hydrogens is 253 g/mol. The van der Waals surface area contributed by atoms with Gasteiger partial charge in [0.1, 0.15) is 0 Å². The summed E-state index contributed by atoms with van der Waals surface area (Å²) in [5, 5.41) is 8.65. The van der Waals surface area contributed by atoms with Crippen molar-refractivity contribution in [2.75, 3.05) is 6.54 Å². The van der Waals surface area contributed by atoms with Crippen LogP contribution in [0.3, 0.4) is 0 Å². The second-order valence-corrected chi connectivity index (χ2v) is 3.40. The third-order valence-electron chi connectivity index (χ3n) is 2.13. The maximum absolute atomic E-state index is 12.1. The molecule has 0 aromatic heterocycles. The molecule has 0 saturated heterocycles. The fraction of sp³-hybridized carbons (Fsp3) is 0.300. The number of benzene rings is 1. The number of nitro groups is 1. The van der Waals surface area contributed by atoms with Crippen molar-refractivity contribution in [1.82, 2.24) is 5.01 Å². The van der Waals surface area contributed by atoms with Gasteiger partial charge in [0, 0.05) is 0 Å². The van der Waals surface area contributed by atoms with Gasteiger partial charge in [-0.25, -0.2) is 10.1 Å². The molecule has 5 nitrogen and oxygen atoms in total. The zero-order valence-electron chi connectivity index (χ0n) is 9.05. The Morgan fingerprint density at radius 2 is 1.83 bits per heavy atom. The first kappa shape index (κ1) is 13.9. The summed E-state index contributed by atoms with van der Waals surface area (Å²) < 4.78 is 36.3. The summed E-state index contributed by atoms with van der Waals surface area (Å²) in [6.07, 6.45) is -5.27. The maximum Gasteiger partial charge on any atom is 0.477 e. The van der Waals surface area contributed by atoms with Crippen LogP contribution in [0.1, 0.15) is 5.56 Å². The van der Waals surface area contributed by atoms with Crippen molar-refractivity contribution in [2.24, 2.45) is 0 Å². The average molecular weight is 262 g/mol. The fourth-order valence-electron chi connectivity index (χ4n) is 1.28. The summed E-state index contributed by atoms with van der Waals surface area (Å²) in [6.45, 7) is -0.630. The van der Waals surface area contributed by atoms with E-state index < -0.39 is 28.7 Å². The summed E-state index contributed by atoms with van der Waals surface area (Å²) in [7, 11) is 0. The Hall–Kier alpha value is -2.12. The quantitative estimate of drug-likeness (QED) is 0.614. The van der Waals surface area contributed by atoms with Crippen molar-refractivity contribution in [2.45, 2.75) is 12.6 Å². The molecular formula is C10H9F3N2O3. The van der Waals surface area contributed by atoms with E-state index in [0.717, 1.165) is 0 Å². The molecule has 98 valence electrons. The van der Waals surface area contributed by atoms with E-state index in [1.54, 1.807) is 30.3 Å². The minimum Gasteiger partial charge on any atom is -0.258 e. The Labute approximate surface area is 99.9 Å². The lowest BCUT2D eigenvalue weighted by atomic mass is 10.1. The van der Waals surface area contributed by atoms with Gasteiger partial charge in [-0.2, -0.15) is 13.2 Å². The van der Waals surface area contributed by atoms with Crippen molar-refractivity contribution >= 4 is 5.91 Å². The highest BCUT2D eigenvalue weighted by Gasteiger charge is 2.47. The molecule has 18 heavy (non-hydrogen) atoms. The van der Waals surface area contributed by atoms with Crippen LogP contribution >= 0.6 is 0 Å². The van der Waals surface area contributed by atoms with Gasteiger partial charge >= 0.3 is 12.1 Å². The van der Waals surface area contributed by atoms with Crippen LogP contribution in [0, 0.1) is 10.1 Å². The normalized spacial score (nSPS) is 11.1. The second-order valence-electron chi connectivity index (χ2n) is 3.40. The Bertz CT molecular complexity index is 434. The van der Waals surface area contributed by atoms with Crippen molar-refractivity contribution in [1.29, 1.82) is 0 Å². The zero-order chi connectivity index (χ0) is 13.8. The number of hydrogen-bond donors (Lipinski definition) is 0. The van der Waals surface area contributed by atoms with Gasteiger partial charge in [-0.15, -0.1) is 0 Å². The van der Waals surface area contributed by atoms with E-state index in [1.807, 2.05) is 0 Å². The molecule has 0 saturated carbocycles. The largest absolute Gasteiger partial charge is 0.477 e. The Morgan fingerprint density at radius 3 is 2.28 bits per heavy atom. The third kappa shape index (κ3) is 3.72. The molecule has 0 N–H and O–H groups in total. The van der Waals surface area contributed by atoms with Gasteiger partial charge in [0.2, 0.25) is 0 Å². The number of amides is 1. The number of rotatable bonds is 4. The molecule has 0 fully saturated rings. The van der Waals surface area contributed by atoms with Crippen LogP contribution in [0.5, 0.6) is 0 Å². The molecule has 1 aromatic rings. The van der Waals surface area contributed by atoms with Crippen LogP contribution in [0.4, 0.5) is 13.2 Å². The molecule has 0 spiro atoms. The molecule has 1 aromatic carbocycles. The van der Waals surface area contributed by atoms with Crippen molar-refractivity contribution in [3.63, 3.8) is 0 Å². The maximum atomic E-state index is 12.1. The number of nitrogens with zero attached hydrogens (tertiary/aromatic N) is 2. The van der Waals surface area contributed by atoms with E-state index in [2.05, 4.69) is 0 Å². The zero-order valence-corrected chi connectivity index (χ0v) is 9.05. The summed E-state index contributed by atoms with van der Waals surface area (Å²) in [5.74, 6) is -2.47. The molecule has 0 unspecified atom stereocenters. The molecule has 0 aliphatic carbocycles. The molecule has 1 rings (SSSR count). The summed E-state index contributed by atoms with van der Waals surface area (Å²) in [6, 6.07) is 8.22. The van der Waals surface area contributed by atoms with Gasteiger partial charge in [0.25, 0.3) is 0 Å². The lowest BCUT2D eigenvalue weighted by Gasteiger charge is -2.13. The van der Waals surface area contributed by atoms with Crippen LogP contribution in [0.2, 0.25) is 0 Å². The number of hydrogen-bond acceptors (Lipinski definition) is 3. The van der Waals surface area contributed by atoms with E-state index in [-0.39, 0.29) is 6.42 Å². The van der Waals surface area contributed by atoms with Crippen molar-refractivity contribution < 1.29 is 23.0 Å². The SMILES string of the molecule is O=C(N(CCc1ccccc1)[N+](=O)[O-])C(F)(F)F. The van der Waals surface area contributed by atoms with Crippen LogP contribution in [-0.4, -0.2) is 28.7 Å². The molecule has 0 atom stereocenters. The van der Waals surface area contributed by atoms with Crippen LogP contribution in [0.25, 0.3) is 0 Å². The standard InChI is InChI=1S/C10H9F3N2O3/c11-10(12,13)9(16)14(15(17)18)7-6-8-4-2-1-3-5-8/h1-5H,6-7H2. The molecule has 0 bridgehead atoms. The van der Waals surface area contributed by atoms with Gasteiger partial charge in [-0.1, -0.05) is 35.3 Å². The molecule has 0 radical (unpaired) electrons. The summed E-state index contributed by atoms with van der Waals surface area (Å²) in [4.78, 5) is 21.2. The van der Waals surface area contributed by atoms with Gasteiger partial charge in [0.15, 0.2) is 5.03 Å². The first-order valence-electron chi connectivity index (χ1n) is 4.89. The molecule has 8 heteroatoms. The first-order chi connectivity index (χ1) is 8.32. The van der Waals surface area contributed by atoms with Crippen LogP contribution in [-0.2, 0) is 11.2 Å². The first-order valence-corrected chi connectivity index (χ1v) is 4.89. The Kier molecular flexibility index (Phi) is 4.24. The average Bonchev–Trinajstić information content (AvgIpc) is 2.28. The smallest absolute Gasteiger partial charge is 0.258 e. The van der Waals surface area contributed by atoms with Crippen molar-refractivity contribution in [3.05, 3.63) is 46.0 Å². The number of carbonyl (C=O) groups is 1. The van der Waals surface area contributed by atoms with Gasteiger partial charge in [0.05, 0.1) is 6.54 Å². The Morgan fingerprint density at radius 1 is 1.28 bits per heavy atom. The second kappa shape index (κ2) is 5.48. The molecule has 0 aliphatic heterocycles. The van der Waals surface area contributed by atoms with E-state index in [4.69, 9.17) is 0 Å². The van der Waals surface area contributed by atoms with Crippen LogP contribution < -0.4 is 0 Å². The minimum absolute atomic E-state index is 0.0242. The van der Waals surface area contributed by atoms with E-state index in [0.29, 0.717) is 5.56 Å². The number of carbonyl (C=O) groups excluding carboxylic acids is 1. The summed E-state index contributed by atoms with van der Waals surface area (Å²) >= 11 is 0. The molecule has 1 amide bonds. The van der Waals surface area contributed by atoms with Gasteiger partial charge in [-0.3, -0.25) is 4.79 Å². The van der Waals surface area contributed by atoms with E-state index >= 15 is 0 Å². The fourth-order valence-corrected chi connectivity index (χ4v) is 1.28. The predicted molar refractivity (Wildman–Crippen MR) is 54.9 cm³/mol. The molecule has 0 heterocycles. The lowest BCUT2D eigenvalue weighted by molar-refractivity contribution is -0.637. The summed E-state index contributed by atoms with van der Waals surface area (Å²) in [5.41, 5.74) is 0.610. The highest BCUT2D eigenvalue weighted by Crippen LogP contribution is 2.18. The van der Waals surface area contributed by atoms with Crippen molar-refractivity contribution in [3.8, 4) is 0 Å². The monoisotopic (exact) mass is 262 g/mol. The van der Waals surface area contributed by atoms with Gasteiger partial charge < -0.3 is 0 Å². The molecule has 0 aliphatic rings. The number of halogens is 3. The topological polar surface area (TPSA) is 63.5 Å². The van der Waals surface area contributed by atoms with Crippen LogP contribution in [0.15, 0.2) is 30.3 Å². The third-order valence-corrected chi connectivity index (χ3v) is 2.13. The van der Waals surface area contributed by atoms with Gasteiger partial charge in [-0.05, 0) is 12.0 Å². The number of alkyl halides is 3. The Balaban J connectivity index is 2.71. The lowest BCUT2D eigenvalue weighted by Crippen LogP contribution is -2.45. The number of hydrazine groups is 1. The minimum atomic E-state index is -5.25. The van der Waals surface area contributed by atoms with E-state index in [1.165, 1.54) is 0 Å². The van der Waals surface area contributed by atoms with E-state index in [9.17, 15) is 28.1 Å². The highest BCUT2D eigenvalue weighted by atomic mass is 19.4. The highest BCUT2D eigenvalue weighted by molar-refractivity contribution is 5.80.